The number of aryl methyl sites for hydroxylation is 1. The molecule has 1 aliphatic heterocycles. The summed E-state index contributed by atoms with van der Waals surface area (Å²) in [5.41, 5.74) is 3.44. The molecule has 32 heavy (non-hydrogen) atoms. The molecule has 2 fully saturated rings. The Kier molecular flexibility index (Phi) is 5.01. The fourth-order valence-electron chi connectivity index (χ4n) is 4.69. The molecule has 0 bridgehead atoms. The molecule has 1 saturated carbocycles. The summed E-state index contributed by atoms with van der Waals surface area (Å²) in [6, 6.07) is 1.79. The van der Waals surface area contributed by atoms with Gasteiger partial charge in [-0.1, -0.05) is 0 Å². The lowest BCUT2D eigenvalue weighted by molar-refractivity contribution is -0.117. The lowest BCUT2D eigenvalue weighted by Gasteiger charge is -2.34. The molecule has 1 amide bonds. The van der Waals surface area contributed by atoms with Crippen LogP contribution in [0.4, 0.5) is 22.7 Å². The van der Waals surface area contributed by atoms with Gasteiger partial charge in [0.15, 0.2) is 10.9 Å². The summed E-state index contributed by atoms with van der Waals surface area (Å²) in [5, 5.41) is 16.5. The van der Waals surface area contributed by atoms with Crippen LogP contribution in [0.15, 0.2) is 17.6 Å². The molecule has 10 heteroatoms. The van der Waals surface area contributed by atoms with Crippen molar-refractivity contribution in [1.82, 2.24) is 25.1 Å². The first kappa shape index (κ1) is 19.7. The second kappa shape index (κ2) is 8.16. The van der Waals surface area contributed by atoms with E-state index >= 15 is 0 Å². The highest BCUT2D eigenvalue weighted by atomic mass is 32.1. The molecule has 0 aromatic carbocycles. The van der Waals surface area contributed by atoms with Crippen molar-refractivity contribution in [3.05, 3.63) is 34.6 Å². The van der Waals surface area contributed by atoms with Crippen molar-refractivity contribution in [1.29, 1.82) is 0 Å². The van der Waals surface area contributed by atoms with E-state index in [1.54, 1.807) is 6.20 Å². The summed E-state index contributed by atoms with van der Waals surface area (Å²) in [5.74, 6) is 2.82. The van der Waals surface area contributed by atoms with Crippen molar-refractivity contribution < 1.29 is 4.79 Å². The maximum Gasteiger partial charge on any atom is 0.248 e. The van der Waals surface area contributed by atoms with Gasteiger partial charge in [0.05, 0.1) is 5.69 Å². The normalized spacial score (nSPS) is 20.2. The molecule has 3 aromatic rings. The number of anilines is 4. The van der Waals surface area contributed by atoms with Crippen LogP contribution in [0.25, 0.3) is 0 Å². The van der Waals surface area contributed by atoms with Crippen LogP contribution in [0.2, 0.25) is 0 Å². The molecule has 1 saturated heterocycles. The molecule has 1 atom stereocenters. The number of carbonyl (C=O) groups excluding carboxylic acids is 1. The van der Waals surface area contributed by atoms with Gasteiger partial charge in [0, 0.05) is 41.4 Å². The first-order valence-corrected chi connectivity index (χ1v) is 12.3. The lowest BCUT2D eigenvalue weighted by Crippen LogP contribution is -2.48. The molecular formula is C22H26N8OS. The Hall–Kier alpha value is -3.01. The molecule has 0 radical (unpaired) electrons. The number of piperidine rings is 1. The van der Waals surface area contributed by atoms with Gasteiger partial charge >= 0.3 is 0 Å². The maximum absolute atomic E-state index is 13.1. The van der Waals surface area contributed by atoms with Crippen molar-refractivity contribution in [3.63, 3.8) is 0 Å². The summed E-state index contributed by atoms with van der Waals surface area (Å²) < 4.78 is 0. The minimum atomic E-state index is -0.299. The van der Waals surface area contributed by atoms with Gasteiger partial charge in [-0.25, -0.2) is 9.97 Å². The van der Waals surface area contributed by atoms with Gasteiger partial charge < -0.3 is 15.5 Å². The Morgan fingerprint density at radius 1 is 1.16 bits per heavy atom. The number of fused-ring (bicyclic) bond motifs is 1. The highest BCUT2D eigenvalue weighted by molar-refractivity contribution is 7.13. The molecule has 9 nitrogen and oxygen atoms in total. The van der Waals surface area contributed by atoms with Crippen LogP contribution in [0.1, 0.15) is 61.4 Å². The van der Waals surface area contributed by atoms with Gasteiger partial charge in [-0.3, -0.25) is 9.89 Å². The molecule has 2 aliphatic carbocycles. The second-order valence-electron chi connectivity index (χ2n) is 8.79. The van der Waals surface area contributed by atoms with Crippen LogP contribution in [0.3, 0.4) is 0 Å². The molecule has 166 valence electrons. The van der Waals surface area contributed by atoms with Crippen molar-refractivity contribution >= 4 is 40.0 Å². The van der Waals surface area contributed by atoms with E-state index < -0.39 is 0 Å². The quantitative estimate of drug-likeness (QED) is 0.524. The van der Waals surface area contributed by atoms with E-state index in [4.69, 9.17) is 9.97 Å². The monoisotopic (exact) mass is 450 g/mol. The van der Waals surface area contributed by atoms with Gasteiger partial charge in [0.25, 0.3) is 0 Å². The highest BCUT2D eigenvalue weighted by Gasteiger charge is 2.33. The summed E-state index contributed by atoms with van der Waals surface area (Å²) in [6.07, 6.45) is 9.96. The minimum absolute atomic E-state index is 0.0420. The Morgan fingerprint density at radius 2 is 2.09 bits per heavy atom. The van der Waals surface area contributed by atoms with Gasteiger partial charge in [0.2, 0.25) is 11.9 Å². The van der Waals surface area contributed by atoms with E-state index in [0.29, 0.717) is 17.0 Å². The van der Waals surface area contributed by atoms with E-state index in [-0.39, 0.29) is 11.9 Å². The van der Waals surface area contributed by atoms with Crippen molar-refractivity contribution in [3.8, 4) is 0 Å². The fraction of sp³-hybridized carbons (Fsp3) is 0.500. The van der Waals surface area contributed by atoms with Gasteiger partial charge in [0.1, 0.15) is 11.9 Å². The molecule has 3 aliphatic rings. The first-order chi connectivity index (χ1) is 15.7. The number of carbonyl (C=O) groups is 1. The summed E-state index contributed by atoms with van der Waals surface area (Å²) >= 11 is 1.43. The first-order valence-electron chi connectivity index (χ1n) is 11.4. The molecule has 0 unspecified atom stereocenters. The summed E-state index contributed by atoms with van der Waals surface area (Å²) in [6.45, 7) is 0.766. The van der Waals surface area contributed by atoms with E-state index in [1.807, 2.05) is 5.38 Å². The largest absolute Gasteiger partial charge is 0.329 e. The highest BCUT2D eigenvalue weighted by Crippen LogP contribution is 2.40. The van der Waals surface area contributed by atoms with Crippen molar-refractivity contribution in [2.24, 2.45) is 0 Å². The molecule has 6 rings (SSSR count). The maximum atomic E-state index is 13.1. The smallest absolute Gasteiger partial charge is 0.248 e. The fourth-order valence-corrected chi connectivity index (χ4v) is 5.23. The molecule has 4 heterocycles. The van der Waals surface area contributed by atoms with Gasteiger partial charge in [-0.15, -0.1) is 11.3 Å². The number of hydrogen-bond acceptors (Lipinski definition) is 8. The van der Waals surface area contributed by atoms with Crippen LogP contribution >= 0.6 is 11.3 Å². The summed E-state index contributed by atoms with van der Waals surface area (Å²) in [7, 11) is 0. The number of amides is 1. The van der Waals surface area contributed by atoms with Crippen LogP contribution in [-0.2, 0) is 17.6 Å². The number of hydrogen-bond donors (Lipinski definition) is 3. The standard InChI is InChI=1S/C22H26N8OS/c31-20(27-22-23-9-11-32-22)17-6-1-2-10-30(17)21-24-15-5-3-4-14(15)19(26-21)25-18-12-16(28-29-18)13-7-8-13/h9,11-13,17H,1-8,10H2,(H,23,27,31)(H2,24,25,26,28,29)/t17-/m0/s1. The Balaban J connectivity index is 1.29. The van der Waals surface area contributed by atoms with E-state index in [2.05, 4.69) is 36.8 Å². The van der Waals surface area contributed by atoms with Crippen LogP contribution < -0.4 is 15.5 Å². The molecular weight excluding hydrogens is 424 g/mol. The average Bonchev–Trinajstić information content (AvgIpc) is 3.19. The Morgan fingerprint density at radius 3 is 2.94 bits per heavy atom. The zero-order chi connectivity index (χ0) is 21.5. The van der Waals surface area contributed by atoms with E-state index in [9.17, 15) is 4.79 Å². The van der Waals surface area contributed by atoms with E-state index in [0.717, 1.165) is 62.4 Å². The van der Waals surface area contributed by atoms with Crippen molar-refractivity contribution in [2.45, 2.75) is 63.3 Å². The summed E-state index contributed by atoms with van der Waals surface area (Å²) in [4.78, 5) is 29.1. The van der Waals surface area contributed by atoms with Gasteiger partial charge in [-0.2, -0.15) is 10.1 Å². The lowest BCUT2D eigenvalue weighted by atomic mass is 10.0. The number of thiazole rings is 1. The van der Waals surface area contributed by atoms with Crippen molar-refractivity contribution in [2.75, 3.05) is 22.1 Å². The third-order valence-corrected chi connectivity index (χ3v) is 7.20. The molecule has 3 N–H and O–H groups in total. The third-order valence-electron chi connectivity index (χ3n) is 6.51. The number of aromatic amines is 1. The number of H-pyrrole nitrogens is 1. The Bertz CT molecular complexity index is 1120. The minimum Gasteiger partial charge on any atom is -0.329 e. The molecule has 0 spiro atoms. The Labute approximate surface area is 190 Å². The zero-order valence-corrected chi connectivity index (χ0v) is 18.6. The average molecular weight is 451 g/mol. The zero-order valence-electron chi connectivity index (χ0n) is 17.8. The number of nitrogens with zero attached hydrogens (tertiary/aromatic N) is 5. The molecule has 3 aromatic heterocycles. The number of rotatable bonds is 6. The van der Waals surface area contributed by atoms with Gasteiger partial charge in [-0.05, 0) is 51.4 Å². The third kappa shape index (κ3) is 3.83. The van der Waals surface area contributed by atoms with Crippen LogP contribution in [0.5, 0.6) is 0 Å². The predicted molar refractivity (Wildman–Crippen MR) is 124 cm³/mol. The number of aromatic nitrogens is 5. The SMILES string of the molecule is O=C(Nc1nccs1)[C@@H]1CCCCN1c1nc2c(c(Nc3cc(C4CC4)[nH]n3)n1)CCC2. The van der Waals surface area contributed by atoms with Crippen LogP contribution in [-0.4, -0.2) is 43.6 Å². The second-order valence-corrected chi connectivity index (χ2v) is 9.68. The topological polar surface area (TPSA) is 112 Å². The van der Waals surface area contributed by atoms with Crippen LogP contribution in [0, 0.1) is 0 Å². The number of nitrogens with one attached hydrogen (secondary N) is 3. The van der Waals surface area contributed by atoms with E-state index in [1.165, 1.54) is 35.4 Å². The predicted octanol–water partition coefficient (Wildman–Crippen LogP) is 3.76.